The second kappa shape index (κ2) is 6.82. The Morgan fingerprint density at radius 2 is 2.00 bits per heavy atom. The number of oxime groups is 1. The van der Waals surface area contributed by atoms with Crippen LogP contribution in [0.5, 0.6) is 0 Å². The van der Waals surface area contributed by atoms with Crippen molar-refractivity contribution in [2.75, 3.05) is 6.54 Å². The van der Waals surface area contributed by atoms with Gasteiger partial charge in [0.25, 0.3) is 0 Å². The predicted octanol–water partition coefficient (Wildman–Crippen LogP) is 3.70. The van der Waals surface area contributed by atoms with E-state index in [1.54, 1.807) is 4.90 Å². The van der Waals surface area contributed by atoms with Crippen molar-refractivity contribution in [1.29, 1.82) is 0 Å². The number of ether oxygens (including phenoxy) is 1. The van der Waals surface area contributed by atoms with E-state index in [2.05, 4.69) is 17.3 Å². The van der Waals surface area contributed by atoms with Gasteiger partial charge in [-0.25, -0.2) is 4.79 Å². The molecule has 0 aromatic heterocycles. The van der Waals surface area contributed by atoms with Crippen LogP contribution in [-0.4, -0.2) is 40.2 Å². The predicted molar refractivity (Wildman–Crippen MR) is 100 cm³/mol. The van der Waals surface area contributed by atoms with Crippen LogP contribution in [0.15, 0.2) is 35.5 Å². The number of amidine groups is 1. The van der Waals surface area contributed by atoms with Crippen LogP contribution in [0.1, 0.15) is 57.9 Å². The van der Waals surface area contributed by atoms with Crippen molar-refractivity contribution in [3.8, 4) is 0 Å². The van der Waals surface area contributed by atoms with Gasteiger partial charge in [0.15, 0.2) is 0 Å². The first-order valence-corrected chi connectivity index (χ1v) is 9.28. The van der Waals surface area contributed by atoms with Gasteiger partial charge in [-0.1, -0.05) is 41.9 Å². The third kappa shape index (κ3) is 3.79. The van der Waals surface area contributed by atoms with Gasteiger partial charge in [0, 0.05) is 23.9 Å². The highest BCUT2D eigenvalue weighted by Crippen LogP contribution is 2.49. The van der Waals surface area contributed by atoms with E-state index in [1.807, 2.05) is 39.0 Å². The molecular weight excluding hydrogens is 330 g/mol. The van der Waals surface area contributed by atoms with Gasteiger partial charge in [-0.2, -0.15) is 0 Å². The third-order valence-corrected chi connectivity index (χ3v) is 5.45. The number of carbonyl (C=O) groups excluding carboxylic acids is 1. The number of hydrogen-bond acceptors (Lipinski definition) is 4. The van der Waals surface area contributed by atoms with Gasteiger partial charge >= 0.3 is 6.09 Å². The van der Waals surface area contributed by atoms with E-state index in [9.17, 15) is 10.0 Å². The van der Waals surface area contributed by atoms with Crippen LogP contribution in [-0.2, 0) is 4.74 Å². The maximum Gasteiger partial charge on any atom is 0.410 e. The van der Waals surface area contributed by atoms with Crippen molar-refractivity contribution in [3.05, 3.63) is 35.9 Å². The lowest BCUT2D eigenvalue weighted by atomic mass is 9.67. The summed E-state index contributed by atoms with van der Waals surface area (Å²) in [7, 11) is 0. The summed E-state index contributed by atoms with van der Waals surface area (Å²) in [5, 5.41) is 12.4. The van der Waals surface area contributed by atoms with Crippen LogP contribution in [0.3, 0.4) is 0 Å². The number of amides is 1. The zero-order chi connectivity index (χ0) is 18.9. The lowest BCUT2D eigenvalue weighted by Crippen LogP contribution is -2.53. The SMILES string of the molecule is CC(C)(C)OC(=O)N(CC1(/C(N)=N/O)CCC1)[C@H]1CC1c1ccccc1. The highest BCUT2D eigenvalue weighted by Gasteiger charge is 2.51. The molecule has 1 unspecified atom stereocenters. The molecular formula is C20H29N3O3. The van der Waals surface area contributed by atoms with E-state index in [4.69, 9.17) is 10.5 Å². The number of rotatable bonds is 5. The van der Waals surface area contributed by atoms with E-state index in [0.29, 0.717) is 12.5 Å². The van der Waals surface area contributed by atoms with Gasteiger partial charge in [0.05, 0.1) is 0 Å². The molecule has 0 heterocycles. The van der Waals surface area contributed by atoms with Crippen molar-refractivity contribution in [3.63, 3.8) is 0 Å². The van der Waals surface area contributed by atoms with E-state index in [0.717, 1.165) is 25.7 Å². The summed E-state index contributed by atoms with van der Waals surface area (Å²) in [4.78, 5) is 14.7. The quantitative estimate of drug-likeness (QED) is 0.363. The summed E-state index contributed by atoms with van der Waals surface area (Å²) in [5.74, 6) is 0.530. The fraction of sp³-hybridized carbons (Fsp3) is 0.600. The molecule has 2 aliphatic rings. The fourth-order valence-electron chi connectivity index (χ4n) is 3.75. The lowest BCUT2D eigenvalue weighted by molar-refractivity contribution is 0.0116. The van der Waals surface area contributed by atoms with Crippen molar-refractivity contribution >= 4 is 11.9 Å². The van der Waals surface area contributed by atoms with E-state index in [-0.39, 0.29) is 18.0 Å². The molecule has 3 rings (SSSR count). The Balaban J connectivity index is 1.80. The highest BCUT2D eigenvalue weighted by atomic mass is 16.6. The minimum Gasteiger partial charge on any atom is -0.444 e. The van der Waals surface area contributed by atoms with E-state index < -0.39 is 11.0 Å². The molecule has 0 bridgehead atoms. The second-order valence-electron chi connectivity index (χ2n) is 8.55. The molecule has 0 spiro atoms. The smallest absolute Gasteiger partial charge is 0.410 e. The number of carbonyl (C=O) groups is 1. The average Bonchev–Trinajstić information content (AvgIpc) is 3.33. The van der Waals surface area contributed by atoms with Crippen molar-refractivity contribution in [2.45, 2.75) is 64.0 Å². The fourth-order valence-corrected chi connectivity index (χ4v) is 3.75. The Bertz CT molecular complexity index is 677. The van der Waals surface area contributed by atoms with Gasteiger partial charge in [-0.05, 0) is 45.6 Å². The van der Waals surface area contributed by atoms with Crippen LogP contribution in [0.4, 0.5) is 4.79 Å². The Kier molecular flexibility index (Phi) is 4.86. The van der Waals surface area contributed by atoms with Gasteiger partial charge in [-0.3, -0.25) is 0 Å². The minimum atomic E-state index is -0.560. The van der Waals surface area contributed by atoms with Crippen molar-refractivity contribution < 1.29 is 14.7 Å². The topological polar surface area (TPSA) is 88.2 Å². The maximum absolute atomic E-state index is 12.9. The molecule has 2 atom stereocenters. The van der Waals surface area contributed by atoms with Crippen LogP contribution in [0.2, 0.25) is 0 Å². The number of hydrogen-bond donors (Lipinski definition) is 2. The van der Waals surface area contributed by atoms with Gasteiger partial charge in [0.2, 0.25) is 0 Å². The van der Waals surface area contributed by atoms with Crippen LogP contribution < -0.4 is 5.73 Å². The molecule has 2 fully saturated rings. The summed E-state index contributed by atoms with van der Waals surface area (Å²) in [6.07, 6.45) is 3.26. The highest BCUT2D eigenvalue weighted by molar-refractivity contribution is 5.87. The minimum absolute atomic E-state index is 0.0937. The Morgan fingerprint density at radius 1 is 1.35 bits per heavy atom. The van der Waals surface area contributed by atoms with Gasteiger partial charge in [0.1, 0.15) is 11.4 Å². The average molecular weight is 359 g/mol. The normalized spacial score (nSPS) is 24.5. The van der Waals surface area contributed by atoms with Crippen molar-refractivity contribution in [1.82, 2.24) is 4.90 Å². The molecule has 142 valence electrons. The zero-order valence-electron chi connectivity index (χ0n) is 15.8. The number of benzene rings is 1. The summed E-state index contributed by atoms with van der Waals surface area (Å²) in [6, 6.07) is 10.3. The molecule has 0 aliphatic heterocycles. The Labute approximate surface area is 155 Å². The number of nitrogens with two attached hydrogens (primary N) is 1. The monoisotopic (exact) mass is 359 g/mol. The van der Waals surface area contributed by atoms with Crippen LogP contribution >= 0.6 is 0 Å². The van der Waals surface area contributed by atoms with E-state index >= 15 is 0 Å². The van der Waals surface area contributed by atoms with Crippen LogP contribution in [0.25, 0.3) is 0 Å². The summed E-state index contributed by atoms with van der Waals surface area (Å²) >= 11 is 0. The molecule has 0 radical (unpaired) electrons. The first-order valence-electron chi connectivity index (χ1n) is 9.28. The molecule has 1 aromatic carbocycles. The zero-order valence-corrected chi connectivity index (χ0v) is 15.8. The Morgan fingerprint density at radius 3 is 2.50 bits per heavy atom. The summed E-state index contributed by atoms with van der Waals surface area (Å²) in [5.41, 5.74) is 6.22. The van der Waals surface area contributed by atoms with Crippen LogP contribution in [0, 0.1) is 5.41 Å². The molecule has 1 aromatic rings. The van der Waals surface area contributed by atoms with Crippen molar-refractivity contribution in [2.24, 2.45) is 16.3 Å². The second-order valence-corrected chi connectivity index (χ2v) is 8.55. The molecule has 2 aliphatic carbocycles. The molecule has 6 heteroatoms. The summed E-state index contributed by atoms with van der Waals surface area (Å²) < 4.78 is 5.66. The maximum atomic E-state index is 12.9. The summed E-state index contributed by atoms with van der Waals surface area (Å²) in [6.45, 7) is 6.04. The molecule has 1 amide bonds. The lowest BCUT2D eigenvalue weighted by Gasteiger charge is -2.44. The first-order chi connectivity index (χ1) is 12.3. The molecule has 6 nitrogen and oxygen atoms in total. The van der Waals surface area contributed by atoms with Gasteiger partial charge in [-0.15, -0.1) is 0 Å². The van der Waals surface area contributed by atoms with E-state index in [1.165, 1.54) is 5.56 Å². The molecule has 3 N–H and O–H groups in total. The largest absolute Gasteiger partial charge is 0.444 e. The number of nitrogens with zero attached hydrogens (tertiary/aromatic N) is 2. The third-order valence-electron chi connectivity index (χ3n) is 5.45. The Hall–Kier alpha value is -2.24. The molecule has 26 heavy (non-hydrogen) atoms. The molecule has 0 saturated heterocycles. The first kappa shape index (κ1) is 18.5. The standard InChI is InChI=1S/C20H29N3O3/c1-19(2,3)26-18(24)23(13-20(10-7-11-20)17(21)22-25)16-12-15(16)14-8-5-4-6-9-14/h4-6,8-9,15-16,25H,7,10-13H2,1-3H3,(H2,21,22)/t15?,16-/m0/s1. The molecule has 2 saturated carbocycles. The van der Waals surface area contributed by atoms with Gasteiger partial charge < -0.3 is 20.6 Å².